The van der Waals surface area contributed by atoms with E-state index >= 15 is 0 Å². The number of phenolic OH excluding ortho intramolecular Hbond substituents is 1. The molecule has 0 unspecified atom stereocenters. The molecule has 1 heterocycles. The summed E-state index contributed by atoms with van der Waals surface area (Å²) >= 11 is 5.90. The number of Topliss-reactive ketones (excluding diaryl/α,β-unsaturated/α-hetero) is 1. The van der Waals surface area contributed by atoms with E-state index in [2.05, 4.69) is 0 Å². The predicted molar refractivity (Wildman–Crippen MR) is 76.9 cm³/mol. The minimum atomic E-state index is -0.251. The number of nitrogens with two attached hydrogens (primary N) is 1. The van der Waals surface area contributed by atoms with E-state index in [0.717, 1.165) is 0 Å². The van der Waals surface area contributed by atoms with Gasteiger partial charge in [-0.2, -0.15) is 0 Å². The molecule has 0 atom stereocenters. The van der Waals surface area contributed by atoms with Crippen molar-refractivity contribution in [3.63, 3.8) is 0 Å². The van der Waals surface area contributed by atoms with Gasteiger partial charge in [-0.05, 0) is 36.4 Å². The molecule has 4 nitrogen and oxygen atoms in total. The first-order valence-electron chi connectivity index (χ1n) is 5.87. The van der Waals surface area contributed by atoms with E-state index < -0.39 is 0 Å². The molecular formula is C15H10ClNO3. The summed E-state index contributed by atoms with van der Waals surface area (Å²) in [5.41, 5.74) is 7.35. The average molecular weight is 288 g/mol. The number of hydrogen-bond donors (Lipinski definition) is 2. The number of fused-ring (bicyclic) bond motifs is 1. The molecule has 0 aromatic heterocycles. The van der Waals surface area contributed by atoms with Crippen molar-refractivity contribution < 1.29 is 14.6 Å². The minimum absolute atomic E-state index is 0.0417. The Kier molecular flexibility index (Phi) is 2.88. The lowest BCUT2D eigenvalue weighted by Crippen LogP contribution is -1.99. The zero-order valence-electron chi connectivity index (χ0n) is 10.3. The summed E-state index contributed by atoms with van der Waals surface area (Å²) in [5, 5.41) is 9.91. The zero-order valence-corrected chi connectivity index (χ0v) is 11.0. The number of ether oxygens (including phenoxy) is 1. The molecular weight excluding hydrogens is 278 g/mol. The Bertz CT molecular complexity index is 753. The van der Waals surface area contributed by atoms with E-state index in [9.17, 15) is 9.90 Å². The summed E-state index contributed by atoms with van der Waals surface area (Å²) in [4.78, 5) is 12.2. The monoisotopic (exact) mass is 287 g/mol. The van der Waals surface area contributed by atoms with Gasteiger partial charge in [0.25, 0.3) is 0 Å². The maximum absolute atomic E-state index is 12.2. The topological polar surface area (TPSA) is 72.6 Å². The van der Waals surface area contributed by atoms with Crippen molar-refractivity contribution >= 4 is 29.1 Å². The van der Waals surface area contributed by atoms with Crippen molar-refractivity contribution in [2.45, 2.75) is 0 Å². The number of nitrogen functional groups attached to an aromatic ring is 1. The summed E-state index contributed by atoms with van der Waals surface area (Å²) in [7, 11) is 0. The van der Waals surface area contributed by atoms with E-state index in [-0.39, 0.29) is 17.3 Å². The third-order valence-electron chi connectivity index (χ3n) is 2.99. The Hall–Kier alpha value is -2.46. The molecule has 3 rings (SSSR count). The number of benzene rings is 2. The summed E-state index contributed by atoms with van der Waals surface area (Å²) in [6.07, 6.45) is 1.54. The first-order valence-corrected chi connectivity index (χ1v) is 6.25. The SMILES string of the molecule is Nc1ccc(Cl)cc1C=C1Oc2cc(O)ccc2C1=O. The second-order valence-electron chi connectivity index (χ2n) is 4.39. The third-order valence-corrected chi connectivity index (χ3v) is 3.22. The largest absolute Gasteiger partial charge is 0.508 e. The van der Waals surface area contributed by atoms with Gasteiger partial charge in [0.05, 0.1) is 5.56 Å². The molecule has 0 radical (unpaired) electrons. The summed E-state index contributed by atoms with van der Waals surface area (Å²) in [6, 6.07) is 9.35. The fraction of sp³-hybridized carbons (Fsp3) is 0. The Labute approximate surface area is 120 Å². The predicted octanol–water partition coefficient (Wildman–Crippen LogP) is 3.24. The first kappa shape index (κ1) is 12.6. The van der Waals surface area contributed by atoms with Crippen molar-refractivity contribution in [3.05, 3.63) is 58.3 Å². The van der Waals surface area contributed by atoms with Gasteiger partial charge >= 0.3 is 0 Å². The van der Waals surface area contributed by atoms with E-state index in [1.54, 1.807) is 24.3 Å². The molecule has 1 aliphatic heterocycles. The van der Waals surface area contributed by atoms with Crippen LogP contribution in [0.3, 0.4) is 0 Å². The van der Waals surface area contributed by atoms with Crippen molar-refractivity contribution in [1.82, 2.24) is 0 Å². The van der Waals surface area contributed by atoms with Gasteiger partial charge < -0.3 is 15.6 Å². The Morgan fingerprint density at radius 3 is 2.80 bits per heavy atom. The van der Waals surface area contributed by atoms with Gasteiger partial charge in [0.15, 0.2) is 5.76 Å². The molecule has 0 amide bonds. The van der Waals surface area contributed by atoms with Gasteiger partial charge in [0.2, 0.25) is 5.78 Å². The van der Waals surface area contributed by atoms with Crippen molar-refractivity contribution in [2.24, 2.45) is 0 Å². The molecule has 0 bridgehead atoms. The number of carbonyl (C=O) groups is 1. The second kappa shape index (κ2) is 4.58. The Morgan fingerprint density at radius 1 is 1.20 bits per heavy atom. The normalized spacial score (nSPS) is 15.2. The molecule has 0 fully saturated rings. The van der Waals surface area contributed by atoms with Gasteiger partial charge in [-0.1, -0.05) is 11.6 Å². The molecule has 1 aliphatic rings. The molecule has 3 N–H and O–H groups in total. The zero-order chi connectivity index (χ0) is 14.3. The molecule has 0 saturated heterocycles. The van der Waals surface area contributed by atoms with Crippen molar-refractivity contribution in [1.29, 1.82) is 0 Å². The molecule has 100 valence electrons. The van der Waals surface area contributed by atoms with Crippen LogP contribution in [0.5, 0.6) is 11.5 Å². The summed E-state index contributed by atoms with van der Waals surface area (Å²) < 4.78 is 5.45. The van der Waals surface area contributed by atoms with Gasteiger partial charge in [0.1, 0.15) is 11.5 Å². The van der Waals surface area contributed by atoms with Crippen molar-refractivity contribution in [2.75, 3.05) is 5.73 Å². The number of allylic oxidation sites excluding steroid dienone is 1. The fourth-order valence-electron chi connectivity index (χ4n) is 1.99. The van der Waals surface area contributed by atoms with Crippen LogP contribution in [0.15, 0.2) is 42.2 Å². The fourth-order valence-corrected chi connectivity index (χ4v) is 2.17. The van der Waals surface area contributed by atoms with Crippen LogP contribution in [0.25, 0.3) is 6.08 Å². The number of anilines is 1. The quantitative estimate of drug-likeness (QED) is 0.624. The first-order chi connectivity index (χ1) is 9.54. The van der Waals surface area contributed by atoms with E-state index in [0.29, 0.717) is 27.6 Å². The number of carbonyl (C=O) groups excluding carboxylic acids is 1. The lowest BCUT2D eigenvalue weighted by molar-refractivity contribution is 0.101. The van der Waals surface area contributed by atoms with Gasteiger partial charge in [-0.3, -0.25) is 4.79 Å². The summed E-state index contributed by atoms with van der Waals surface area (Å²) in [6.45, 7) is 0. The van der Waals surface area contributed by atoms with Crippen LogP contribution in [0, 0.1) is 0 Å². The molecule has 5 heteroatoms. The van der Waals surface area contributed by atoms with E-state index in [1.165, 1.54) is 18.2 Å². The minimum Gasteiger partial charge on any atom is -0.508 e. The Balaban J connectivity index is 2.03. The molecule has 0 spiro atoms. The van der Waals surface area contributed by atoms with Crippen LogP contribution in [0.1, 0.15) is 15.9 Å². The van der Waals surface area contributed by atoms with Crippen molar-refractivity contribution in [3.8, 4) is 11.5 Å². The smallest absolute Gasteiger partial charge is 0.231 e. The highest BCUT2D eigenvalue weighted by Crippen LogP contribution is 2.35. The van der Waals surface area contributed by atoms with Crippen LogP contribution >= 0.6 is 11.6 Å². The maximum atomic E-state index is 12.2. The second-order valence-corrected chi connectivity index (χ2v) is 4.83. The highest BCUT2D eigenvalue weighted by molar-refractivity contribution is 6.30. The molecule has 0 aliphatic carbocycles. The maximum Gasteiger partial charge on any atom is 0.231 e. The van der Waals surface area contributed by atoms with E-state index in [1.807, 2.05) is 0 Å². The van der Waals surface area contributed by atoms with Crippen LogP contribution in [-0.4, -0.2) is 10.9 Å². The van der Waals surface area contributed by atoms with E-state index in [4.69, 9.17) is 22.1 Å². The van der Waals surface area contributed by atoms with Crippen LogP contribution in [0.4, 0.5) is 5.69 Å². The van der Waals surface area contributed by atoms with Gasteiger partial charge in [-0.25, -0.2) is 0 Å². The molecule has 2 aromatic carbocycles. The molecule has 0 saturated carbocycles. The third kappa shape index (κ3) is 2.10. The molecule has 20 heavy (non-hydrogen) atoms. The number of halogens is 1. The lowest BCUT2D eigenvalue weighted by Gasteiger charge is -2.02. The average Bonchev–Trinajstić information content (AvgIpc) is 2.70. The molecule has 2 aromatic rings. The number of aromatic hydroxyl groups is 1. The Morgan fingerprint density at radius 2 is 2.00 bits per heavy atom. The number of phenols is 1. The van der Waals surface area contributed by atoms with Gasteiger partial charge in [0, 0.05) is 22.3 Å². The standard InChI is InChI=1S/C15H10ClNO3/c16-9-1-4-12(17)8(5-9)6-14-15(19)11-3-2-10(18)7-13(11)20-14/h1-7,18H,17H2. The summed E-state index contributed by atoms with van der Waals surface area (Å²) in [5.74, 6) is 0.279. The van der Waals surface area contributed by atoms with Gasteiger partial charge in [-0.15, -0.1) is 0 Å². The van der Waals surface area contributed by atoms with Crippen LogP contribution < -0.4 is 10.5 Å². The number of rotatable bonds is 1. The highest BCUT2D eigenvalue weighted by atomic mass is 35.5. The number of hydrogen-bond acceptors (Lipinski definition) is 4. The van der Waals surface area contributed by atoms with Crippen LogP contribution in [0.2, 0.25) is 5.02 Å². The highest BCUT2D eigenvalue weighted by Gasteiger charge is 2.27. The lowest BCUT2D eigenvalue weighted by atomic mass is 10.1. The number of ketones is 1. The van der Waals surface area contributed by atoms with Crippen LogP contribution in [-0.2, 0) is 0 Å².